The molecule has 132 valence electrons. The molecule has 2 aliphatic heterocycles. The van der Waals surface area contributed by atoms with Gasteiger partial charge in [-0.3, -0.25) is 4.79 Å². The molecule has 2 fully saturated rings. The number of halogens is 2. The second kappa shape index (κ2) is 7.20. The van der Waals surface area contributed by atoms with Gasteiger partial charge < -0.3 is 14.9 Å². The van der Waals surface area contributed by atoms with Crippen LogP contribution >= 0.6 is 23.2 Å². The molecule has 0 radical (unpaired) electrons. The monoisotopic (exact) mass is 370 g/mol. The Kier molecular flexibility index (Phi) is 5.40. The van der Waals surface area contributed by atoms with Crippen LogP contribution < -0.4 is 0 Å². The Balaban J connectivity index is 1.69. The lowest BCUT2D eigenvalue weighted by molar-refractivity contribution is -0.137. The summed E-state index contributed by atoms with van der Waals surface area (Å²) in [7, 11) is 2.10. The summed E-state index contributed by atoms with van der Waals surface area (Å²) in [5.74, 6) is 0.0899. The molecular weight excluding hydrogens is 347 g/mol. The topological polar surface area (TPSA) is 43.8 Å². The van der Waals surface area contributed by atoms with Crippen molar-refractivity contribution in [1.82, 2.24) is 9.80 Å². The summed E-state index contributed by atoms with van der Waals surface area (Å²) in [6.45, 7) is 2.37. The predicted octanol–water partition coefficient (Wildman–Crippen LogP) is 2.98. The van der Waals surface area contributed by atoms with Gasteiger partial charge in [0.05, 0.1) is 6.10 Å². The van der Waals surface area contributed by atoms with Crippen LogP contribution in [0.15, 0.2) is 18.2 Å². The number of benzene rings is 1. The van der Waals surface area contributed by atoms with Crippen molar-refractivity contribution in [1.29, 1.82) is 0 Å². The molecule has 6 heteroatoms. The third-order valence-corrected chi connectivity index (χ3v) is 6.16. The number of aliphatic hydroxyl groups excluding tert-OH is 1. The minimum Gasteiger partial charge on any atom is -0.391 e. The van der Waals surface area contributed by atoms with E-state index < -0.39 is 6.10 Å². The molecule has 2 saturated heterocycles. The van der Waals surface area contributed by atoms with Gasteiger partial charge in [-0.25, -0.2) is 0 Å². The highest BCUT2D eigenvalue weighted by Gasteiger charge is 2.48. The minimum absolute atomic E-state index is 0.0899. The average Bonchev–Trinajstić information content (AvgIpc) is 2.86. The maximum absolute atomic E-state index is 12.9. The van der Waals surface area contributed by atoms with E-state index in [0.29, 0.717) is 35.9 Å². The number of nitrogens with zero attached hydrogens (tertiary/aromatic N) is 2. The average molecular weight is 371 g/mol. The zero-order valence-corrected chi connectivity index (χ0v) is 15.5. The molecule has 0 aliphatic carbocycles. The number of likely N-dealkylation sites (tertiary alicyclic amines) is 2. The zero-order valence-electron chi connectivity index (χ0n) is 14.0. The first-order valence-electron chi connectivity index (χ1n) is 8.51. The Morgan fingerprint density at radius 1 is 1.29 bits per heavy atom. The third-order valence-electron chi connectivity index (χ3n) is 5.45. The van der Waals surface area contributed by atoms with E-state index >= 15 is 0 Å². The number of aliphatic hydroxyl groups is 1. The van der Waals surface area contributed by atoms with E-state index in [0.717, 1.165) is 31.5 Å². The van der Waals surface area contributed by atoms with E-state index in [4.69, 9.17) is 23.2 Å². The Morgan fingerprint density at radius 2 is 1.92 bits per heavy atom. The Morgan fingerprint density at radius 3 is 2.54 bits per heavy atom. The van der Waals surface area contributed by atoms with Gasteiger partial charge in [-0.15, -0.1) is 0 Å². The maximum atomic E-state index is 12.9. The maximum Gasteiger partial charge on any atom is 0.223 e. The van der Waals surface area contributed by atoms with E-state index in [1.165, 1.54) is 0 Å². The fraction of sp³-hybridized carbons (Fsp3) is 0.611. The largest absolute Gasteiger partial charge is 0.391 e. The van der Waals surface area contributed by atoms with Crippen molar-refractivity contribution in [2.45, 2.75) is 43.7 Å². The van der Waals surface area contributed by atoms with Crippen molar-refractivity contribution in [3.63, 3.8) is 0 Å². The van der Waals surface area contributed by atoms with Crippen molar-refractivity contribution in [3.8, 4) is 0 Å². The molecule has 3 rings (SSSR count). The number of rotatable bonds is 3. The number of carbonyl (C=O) groups is 1. The summed E-state index contributed by atoms with van der Waals surface area (Å²) < 4.78 is 0. The fourth-order valence-electron chi connectivity index (χ4n) is 4.03. The quantitative estimate of drug-likeness (QED) is 0.889. The van der Waals surface area contributed by atoms with Crippen LogP contribution in [-0.2, 0) is 11.2 Å². The first kappa shape index (κ1) is 18.0. The molecule has 1 N–H and O–H groups in total. The number of β-amino-alcohol motifs (C(OH)–C–C–N with tert-alkyl or cyclic N) is 1. The van der Waals surface area contributed by atoms with Gasteiger partial charge >= 0.3 is 0 Å². The Hall–Kier alpha value is -0.810. The predicted molar refractivity (Wildman–Crippen MR) is 96.6 cm³/mol. The van der Waals surface area contributed by atoms with Crippen molar-refractivity contribution < 1.29 is 9.90 Å². The normalized spacial score (nSPS) is 23.8. The fourth-order valence-corrected chi connectivity index (χ4v) is 4.62. The van der Waals surface area contributed by atoms with Gasteiger partial charge in [0.25, 0.3) is 0 Å². The van der Waals surface area contributed by atoms with E-state index in [9.17, 15) is 9.90 Å². The van der Waals surface area contributed by atoms with Gasteiger partial charge in [-0.1, -0.05) is 29.3 Å². The molecule has 1 amide bonds. The van der Waals surface area contributed by atoms with Gasteiger partial charge in [0.2, 0.25) is 5.91 Å². The highest BCUT2D eigenvalue weighted by atomic mass is 35.5. The van der Waals surface area contributed by atoms with Crippen molar-refractivity contribution in [2.24, 2.45) is 0 Å². The molecule has 0 bridgehead atoms. The van der Waals surface area contributed by atoms with Gasteiger partial charge in [0.1, 0.15) is 0 Å². The molecule has 24 heavy (non-hydrogen) atoms. The van der Waals surface area contributed by atoms with Crippen LogP contribution in [0.5, 0.6) is 0 Å². The lowest BCUT2D eigenvalue weighted by Crippen LogP contribution is -2.53. The van der Waals surface area contributed by atoms with Crippen molar-refractivity contribution in [2.75, 3.05) is 26.7 Å². The number of carbonyl (C=O) groups excluding carboxylic acids is 1. The first-order valence-corrected chi connectivity index (χ1v) is 9.27. The van der Waals surface area contributed by atoms with E-state index in [-0.39, 0.29) is 11.4 Å². The van der Waals surface area contributed by atoms with Crippen LogP contribution in [0, 0.1) is 0 Å². The Bertz CT molecular complexity index is 595. The van der Waals surface area contributed by atoms with Crippen molar-refractivity contribution >= 4 is 29.1 Å². The van der Waals surface area contributed by atoms with Crippen LogP contribution in [0.2, 0.25) is 10.0 Å². The first-order chi connectivity index (χ1) is 11.4. The summed E-state index contributed by atoms with van der Waals surface area (Å²) in [6, 6.07) is 5.40. The summed E-state index contributed by atoms with van der Waals surface area (Å²) in [6.07, 6.45) is 3.03. The minimum atomic E-state index is -0.416. The second-order valence-corrected chi connectivity index (χ2v) is 7.90. The smallest absolute Gasteiger partial charge is 0.223 e. The number of hydrogen-bond donors (Lipinski definition) is 1. The zero-order chi connectivity index (χ0) is 17.3. The summed E-state index contributed by atoms with van der Waals surface area (Å²) in [5.41, 5.74) is 0.652. The number of piperidine rings is 1. The molecule has 2 aliphatic rings. The molecular formula is C18H24Cl2N2O2. The summed E-state index contributed by atoms with van der Waals surface area (Å²) in [5, 5.41) is 11.4. The molecule has 1 unspecified atom stereocenters. The lowest BCUT2D eigenvalue weighted by atomic mass is 9.84. The molecule has 2 heterocycles. The molecule has 0 aromatic heterocycles. The molecule has 0 saturated carbocycles. The van der Waals surface area contributed by atoms with Gasteiger partial charge in [-0.2, -0.15) is 0 Å². The molecule has 1 atom stereocenters. The molecule has 1 aromatic carbocycles. The van der Waals surface area contributed by atoms with Crippen LogP contribution in [-0.4, -0.2) is 59.1 Å². The standard InChI is InChI=1S/C18H24Cl2N2O2/c1-21-9-7-18(8-10-21)11-13(23)12-22(18)17(24)6-5-14-15(19)3-2-4-16(14)20/h2-4,13,23H,5-12H2,1H3. The third kappa shape index (κ3) is 3.57. The molecule has 1 spiro atoms. The Labute approximate surface area is 153 Å². The van der Waals surface area contributed by atoms with Crippen LogP contribution in [0.4, 0.5) is 0 Å². The number of amides is 1. The highest BCUT2D eigenvalue weighted by molar-refractivity contribution is 6.36. The lowest BCUT2D eigenvalue weighted by Gasteiger charge is -2.44. The summed E-state index contributed by atoms with van der Waals surface area (Å²) >= 11 is 12.4. The summed E-state index contributed by atoms with van der Waals surface area (Å²) in [4.78, 5) is 17.1. The molecule has 4 nitrogen and oxygen atoms in total. The second-order valence-electron chi connectivity index (χ2n) is 7.09. The van der Waals surface area contributed by atoms with Gasteiger partial charge in [0.15, 0.2) is 0 Å². The van der Waals surface area contributed by atoms with E-state index in [1.807, 2.05) is 4.90 Å². The van der Waals surface area contributed by atoms with Crippen LogP contribution in [0.3, 0.4) is 0 Å². The SMILES string of the molecule is CN1CCC2(CC1)CC(O)CN2C(=O)CCc1c(Cl)cccc1Cl. The van der Waals surface area contributed by atoms with Gasteiger partial charge in [0, 0.05) is 41.6 Å². The van der Waals surface area contributed by atoms with E-state index in [1.54, 1.807) is 18.2 Å². The molecule has 1 aromatic rings. The van der Waals surface area contributed by atoms with Crippen LogP contribution in [0.25, 0.3) is 0 Å². The number of hydrogen-bond acceptors (Lipinski definition) is 3. The van der Waals surface area contributed by atoms with Crippen molar-refractivity contribution in [3.05, 3.63) is 33.8 Å². The van der Waals surface area contributed by atoms with Crippen LogP contribution in [0.1, 0.15) is 31.2 Å². The highest BCUT2D eigenvalue weighted by Crippen LogP contribution is 2.39. The van der Waals surface area contributed by atoms with Gasteiger partial charge in [-0.05, 0) is 50.4 Å². The van der Waals surface area contributed by atoms with E-state index in [2.05, 4.69) is 11.9 Å².